The molecule has 2 heterocycles. The monoisotopic (exact) mass is 497 g/mol. The third-order valence-corrected chi connectivity index (χ3v) is 5.94. The molecule has 0 unspecified atom stereocenters. The summed E-state index contributed by atoms with van der Waals surface area (Å²) in [6.07, 6.45) is -2.71. The van der Waals surface area contributed by atoms with Crippen LogP contribution in [0.3, 0.4) is 0 Å². The number of fused-ring (bicyclic) bond motifs is 1. The maximum Gasteiger partial charge on any atom is 0.471 e. The van der Waals surface area contributed by atoms with Gasteiger partial charge in [0.25, 0.3) is 0 Å². The first-order valence-corrected chi connectivity index (χ1v) is 11.3. The van der Waals surface area contributed by atoms with Gasteiger partial charge in [0, 0.05) is 37.3 Å². The van der Waals surface area contributed by atoms with Crippen molar-refractivity contribution in [3.63, 3.8) is 0 Å². The highest BCUT2D eigenvalue weighted by atomic mass is 35.5. The highest BCUT2D eigenvalue weighted by molar-refractivity contribution is 6.33. The standard InChI is InChI=1S/C24H27ClF3N3O3/c1-23(2,3)19(32)14-34-20-7-4-15(12-29-20)13-30-21-17-9-11-31(22(33)24(26,27)28)10-8-16(17)5-6-18(21)25/h4-7,12,30H,8-11,13-14H2,1-3H3. The van der Waals surface area contributed by atoms with Gasteiger partial charge in [0.1, 0.15) is 6.61 Å². The average molecular weight is 498 g/mol. The van der Waals surface area contributed by atoms with Gasteiger partial charge in [-0.15, -0.1) is 0 Å². The molecule has 3 rings (SSSR count). The molecule has 184 valence electrons. The van der Waals surface area contributed by atoms with Gasteiger partial charge in [0.15, 0.2) is 5.78 Å². The van der Waals surface area contributed by atoms with Crippen LogP contribution in [0.15, 0.2) is 30.5 Å². The maximum absolute atomic E-state index is 12.9. The molecule has 0 saturated carbocycles. The van der Waals surface area contributed by atoms with Crippen molar-refractivity contribution >= 4 is 29.0 Å². The van der Waals surface area contributed by atoms with Crippen molar-refractivity contribution in [2.45, 2.75) is 46.3 Å². The zero-order valence-electron chi connectivity index (χ0n) is 19.3. The van der Waals surface area contributed by atoms with E-state index in [4.69, 9.17) is 16.3 Å². The number of halogens is 4. The highest BCUT2D eigenvalue weighted by Crippen LogP contribution is 2.33. The molecular formula is C24H27ClF3N3O3. The summed E-state index contributed by atoms with van der Waals surface area (Å²) in [7, 11) is 0. The number of nitrogens with zero attached hydrogens (tertiary/aromatic N) is 2. The number of carbonyl (C=O) groups is 2. The summed E-state index contributed by atoms with van der Waals surface area (Å²) in [6.45, 7) is 5.73. The molecule has 1 aromatic carbocycles. The van der Waals surface area contributed by atoms with Gasteiger partial charge in [0.2, 0.25) is 5.88 Å². The second-order valence-electron chi connectivity index (χ2n) is 9.17. The van der Waals surface area contributed by atoms with Crippen molar-refractivity contribution in [3.05, 3.63) is 52.2 Å². The Morgan fingerprint density at radius 2 is 1.82 bits per heavy atom. The van der Waals surface area contributed by atoms with E-state index in [-0.39, 0.29) is 31.9 Å². The average Bonchev–Trinajstić information content (AvgIpc) is 2.98. The predicted molar refractivity (Wildman–Crippen MR) is 123 cm³/mol. The molecule has 0 bridgehead atoms. The molecule has 0 saturated heterocycles. The van der Waals surface area contributed by atoms with Crippen LogP contribution in [0.4, 0.5) is 18.9 Å². The van der Waals surface area contributed by atoms with Crippen LogP contribution in [0.25, 0.3) is 0 Å². The number of ether oxygens (including phenoxy) is 1. The molecule has 0 radical (unpaired) electrons. The number of anilines is 1. The number of hydrogen-bond donors (Lipinski definition) is 1. The SMILES string of the molecule is CC(C)(C)C(=O)COc1ccc(CNc2c(Cl)ccc3c2CCN(C(=O)C(F)(F)F)CC3)cn1. The summed E-state index contributed by atoms with van der Waals surface area (Å²) in [5.41, 5.74) is 2.63. The molecule has 0 aliphatic carbocycles. The summed E-state index contributed by atoms with van der Waals surface area (Å²) in [6, 6.07) is 6.96. The molecule has 1 aliphatic rings. The molecule has 0 spiro atoms. The van der Waals surface area contributed by atoms with Crippen molar-refractivity contribution in [2.24, 2.45) is 5.41 Å². The van der Waals surface area contributed by atoms with Crippen LogP contribution in [-0.4, -0.2) is 47.4 Å². The number of alkyl halides is 3. The Morgan fingerprint density at radius 1 is 1.12 bits per heavy atom. The number of nitrogens with one attached hydrogen (secondary N) is 1. The van der Waals surface area contributed by atoms with Crippen molar-refractivity contribution in [1.82, 2.24) is 9.88 Å². The quantitative estimate of drug-likeness (QED) is 0.619. The van der Waals surface area contributed by atoms with Gasteiger partial charge < -0.3 is 15.0 Å². The Hall–Kier alpha value is -2.81. The Bertz CT molecular complexity index is 1050. The number of carbonyl (C=O) groups excluding carboxylic acids is 2. The molecule has 0 atom stereocenters. The predicted octanol–water partition coefficient (Wildman–Crippen LogP) is 4.83. The molecule has 1 amide bonds. The summed E-state index contributed by atoms with van der Waals surface area (Å²) in [4.78, 5) is 28.7. The Balaban J connectivity index is 1.65. The van der Waals surface area contributed by atoms with Crippen molar-refractivity contribution < 1.29 is 27.5 Å². The van der Waals surface area contributed by atoms with Crippen molar-refractivity contribution in [3.8, 4) is 5.88 Å². The number of hydrogen-bond acceptors (Lipinski definition) is 5. The van der Waals surface area contributed by atoms with Crippen LogP contribution in [0.5, 0.6) is 5.88 Å². The second-order valence-corrected chi connectivity index (χ2v) is 9.58. The molecule has 6 nitrogen and oxygen atoms in total. The van der Waals surface area contributed by atoms with Crippen molar-refractivity contribution in [2.75, 3.05) is 25.0 Å². The van der Waals surface area contributed by atoms with E-state index in [2.05, 4.69) is 10.3 Å². The normalized spacial score (nSPS) is 14.3. The minimum absolute atomic E-state index is 0.00445. The molecule has 1 aromatic heterocycles. The lowest BCUT2D eigenvalue weighted by atomic mass is 9.91. The third-order valence-electron chi connectivity index (χ3n) is 5.63. The third kappa shape index (κ3) is 6.40. The largest absolute Gasteiger partial charge is 0.471 e. The summed E-state index contributed by atoms with van der Waals surface area (Å²) >= 11 is 6.39. The molecular weight excluding hydrogens is 471 g/mol. The Labute approximate surface area is 201 Å². The molecule has 1 aliphatic heterocycles. The van der Waals surface area contributed by atoms with Gasteiger partial charge in [-0.25, -0.2) is 4.98 Å². The zero-order chi connectivity index (χ0) is 25.1. The number of pyridine rings is 1. The lowest BCUT2D eigenvalue weighted by molar-refractivity contribution is -0.185. The van der Waals surface area contributed by atoms with E-state index in [1.165, 1.54) is 0 Å². The minimum atomic E-state index is -4.89. The Morgan fingerprint density at radius 3 is 2.44 bits per heavy atom. The van der Waals surface area contributed by atoms with E-state index < -0.39 is 17.5 Å². The maximum atomic E-state index is 12.9. The number of benzene rings is 1. The first-order chi connectivity index (χ1) is 15.9. The zero-order valence-corrected chi connectivity index (χ0v) is 20.0. The smallest absolute Gasteiger partial charge is 0.470 e. The fourth-order valence-corrected chi connectivity index (χ4v) is 3.76. The van der Waals surface area contributed by atoms with Crippen LogP contribution in [0.1, 0.15) is 37.5 Å². The number of ketones is 1. The van der Waals surface area contributed by atoms with Gasteiger partial charge in [-0.2, -0.15) is 13.2 Å². The molecule has 34 heavy (non-hydrogen) atoms. The topological polar surface area (TPSA) is 71.5 Å². The van der Waals surface area contributed by atoms with Crippen molar-refractivity contribution in [1.29, 1.82) is 0 Å². The number of amides is 1. The van der Waals surface area contributed by atoms with Crippen LogP contribution in [-0.2, 0) is 29.0 Å². The van der Waals surface area contributed by atoms with E-state index in [0.717, 1.165) is 21.6 Å². The van der Waals surface area contributed by atoms with Crippen LogP contribution >= 0.6 is 11.6 Å². The first-order valence-electron chi connectivity index (χ1n) is 10.9. The minimum Gasteiger partial charge on any atom is -0.470 e. The first kappa shape index (κ1) is 25.8. The highest BCUT2D eigenvalue weighted by Gasteiger charge is 2.42. The van der Waals surface area contributed by atoms with Gasteiger partial charge in [-0.05, 0) is 35.6 Å². The van der Waals surface area contributed by atoms with Crippen LogP contribution in [0.2, 0.25) is 5.02 Å². The summed E-state index contributed by atoms with van der Waals surface area (Å²) in [5.74, 6) is -1.52. The lowest BCUT2D eigenvalue weighted by Crippen LogP contribution is -2.42. The lowest BCUT2D eigenvalue weighted by Gasteiger charge is -2.21. The fourth-order valence-electron chi connectivity index (χ4n) is 3.52. The molecule has 2 aromatic rings. The van der Waals surface area contributed by atoms with E-state index in [9.17, 15) is 22.8 Å². The van der Waals surface area contributed by atoms with Gasteiger partial charge in [-0.3, -0.25) is 9.59 Å². The van der Waals surface area contributed by atoms with Crippen LogP contribution in [0, 0.1) is 5.41 Å². The summed E-state index contributed by atoms with van der Waals surface area (Å²) < 4.78 is 44.0. The van der Waals surface area contributed by atoms with E-state index >= 15 is 0 Å². The number of Topliss-reactive ketones (excluding diaryl/α,β-unsaturated/α-hetero) is 1. The van der Waals surface area contributed by atoms with Gasteiger partial charge in [0.05, 0.1) is 10.7 Å². The van der Waals surface area contributed by atoms with E-state index in [0.29, 0.717) is 29.6 Å². The van der Waals surface area contributed by atoms with Gasteiger partial charge in [-0.1, -0.05) is 44.5 Å². The van der Waals surface area contributed by atoms with Gasteiger partial charge >= 0.3 is 12.1 Å². The molecule has 0 fully saturated rings. The second kappa shape index (κ2) is 10.2. The van der Waals surface area contributed by atoms with E-state index in [1.54, 1.807) is 30.5 Å². The summed E-state index contributed by atoms with van der Waals surface area (Å²) in [5, 5.41) is 3.70. The number of aromatic nitrogens is 1. The number of rotatable bonds is 6. The van der Waals surface area contributed by atoms with Crippen LogP contribution < -0.4 is 10.1 Å². The fraction of sp³-hybridized carbons (Fsp3) is 0.458. The molecule has 1 N–H and O–H groups in total. The molecule has 10 heteroatoms. The Kier molecular flexibility index (Phi) is 7.75. The van der Waals surface area contributed by atoms with E-state index in [1.807, 2.05) is 20.8 Å².